The Bertz CT molecular complexity index is 567. The van der Waals surface area contributed by atoms with Crippen molar-refractivity contribution < 1.29 is 18.0 Å². The van der Waals surface area contributed by atoms with Crippen LogP contribution in [0, 0.1) is 5.92 Å². The number of carbonyl (C=O) groups excluding carboxylic acids is 1. The van der Waals surface area contributed by atoms with Crippen molar-refractivity contribution in [1.29, 1.82) is 0 Å². The number of hydrogen-bond donors (Lipinski definition) is 2. The minimum Gasteiger partial charge on any atom is -0.340 e. The Morgan fingerprint density at radius 1 is 1.33 bits per heavy atom. The monoisotopic (exact) mass is 299 g/mol. The lowest BCUT2D eigenvalue weighted by Gasteiger charge is -2.12. The molecule has 2 rings (SSSR count). The van der Waals surface area contributed by atoms with E-state index in [1.54, 1.807) is 0 Å². The van der Waals surface area contributed by atoms with E-state index < -0.39 is 23.7 Å². The molecule has 0 saturated carbocycles. The largest absolute Gasteiger partial charge is 0.416 e. The fourth-order valence-corrected chi connectivity index (χ4v) is 1.92. The molecule has 1 heterocycles. The van der Waals surface area contributed by atoms with E-state index in [0.29, 0.717) is 18.4 Å². The molecule has 0 radical (unpaired) electrons. The van der Waals surface area contributed by atoms with Gasteiger partial charge in [-0.25, -0.2) is 0 Å². The second-order valence-electron chi connectivity index (χ2n) is 5.27. The molecule has 1 fully saturated rings. The summed E-state index contributed by atoms with van der Waals surface area (Å²) >= 11 is 0. The lowest BCUT2D eigenvalue weighted by Crippen LogP contribution is -2.26. The number of hydrogen-bond acceptors (Lipinski definition) is 2. The van der Waals surface area contributed by atoms with Crippen LogP contribution in [0.4, 0.5) is 13.2 Å². The third-order valence-electron chi connectivity index (χ3n) is 2.95. The standard InChI is InChI=1S/C14H16F3N3O/c1-8(2)7-18-13-19-11(12(21)20-13)9-4-3-5-10(6-9)14(15,16)17/h3-6,8,11H,7H2,1-2H3,(H2,18,19,20,21). The van der Waals surface area contributed by atoms with Gasteiger partial charge in [-0.1, -0.05) is 26.0 Å². The zero-order chi connectivity index (χ0) is 15.6. The van der Waals surface area contributed by atoms with Crippen molar-refractivity contribution in [1.82, 2.24) is 10.6 Å². The summed E-state index contributed by atoms with van der Waals surface area (Å²) in [7, 11) is 0. The number of rotatable bonds is 3. The molecule has 21 heavy (non-hydrogen) atoms. The highest BCUT2D eigenvalue weighted by atomic mass is 19.4. The van der Waals surface area contributed by atoms with Crippen molar-refractivity contribution in [2.24, 2.45) is 10.9 Å². The Balaban J connectivity index is 2.19. The van der Waals surface area contributed by atoms with Crippen LogP contribution in [0.1, 0.15) is 31.0 Å². The van der Waals surface area contributed by atoms with Crippen LogP contribution in [0.5, 0.6) is 0 Å². The van der Waals surface area contributed by atoms with E-state index in [2.05, 4.69) is 15.6 Å². The number of guanidine groups is 1. The first-order valence-electron chi connectivity index (χ1n) is 6.56. The molecule has 114 valence electrons. The average molecular weight is 299 g/mol. The van der Waals surface area contributed by atoms with Crippen LogP contribution in [0.15, 0.2) is 29.3 Å². The summed E-state index contributed by atoms with van der Waals surface area (Å²) in [5.74, 6) is 0.219. The van der Waals surface area contributed by atoms with Crippen LogP contribution in [0.2, 0.25) is 0 Å². The van der Waals surface area contributed by atoms with Crippen LogP contribution in [0.3, 0.4) is 0 Å². The van der Waals surface area contributed by atoms with Crippen LogP contribution >= 0.6 is 0 Å². The quantitative estimate of drug-likeness (QED) is 0.901. The molecule has 0 spiro atoms. The van der Waals surface area contributed by atoms with Crippen molar-refractivity contribution >= 4 is 11.9 Å². The highest BCUT2D eigenvalue weighted by molar-refractivity contribution is 6.06. The second kappa shape index (κ2) is 5.75. The maximum atomic E-state index is 12.7. The third kappa shape index (κ3) is 3.74. The van der Waals surface area contributed by atoms with Crippen LogP contribution in [-0.4, -0.2) is 18.4 Å². The van der Waals surface area contributed by atoms with Gasteiger partial charge in [0.25, 0.3) is 5.91 Å². The summed E-state index contributed by atoms with van der Waals surface area (Å²) in [5.41, 5.74) is -0.515. The van der Waals surface area contributed by atoms with Gasteiger partial charge in [0.05, 0.1) is 5.56 Å². The molecule has 1 aliphatic rings. The van der Waals surface area contributed by atoms with Gasteiger partial charge in [-0.3, -0.25) is 15.1 Å². The number of alkyl halides is 3. The molecule has 1 aromatic carbocycles. The smallest absolute Gasteiger partial charge is 0.340 e. The predicted octanol–water partition coefficient (Wildman–Crippen LogP) is 2.48. The third-order valence-corrected chi connectivity index (χ3v) is 2.95. The number of amides is 1. The van der Waals surface area contributed by atoms with Gasteiger partial charge in [-0.15, -0.1) is 0 Å². The van der Waals surface area contributed by atoms with E-state index >= 15 is 0 Å². The Morgan fingerprint density at radius 2 is 2.05 bits per heavy atom. The molecule has 0 bridgehead atoms. The summed E-state index contributed by atoms with van der Waals surface area (Å²) in [5, 5.41) is 5.35. The summed E-state index contributed by atoms with van der Waals surface area (Å²) in [6.07, 6.45) is -4.43. The van der Waals surface area contributed by atoms with Gasteiger partial charge in [-0.05, 0) is 23.6 Å². The molecule has 2 N–H and O–H groups in total. The molecule has 0 aromatic heterocycles. The maximum Gasteiger partial charge on any atom is 0.416 e. The van der Waals surface area contributed by atoms with E-state index in [9.17, 15) is 18.0 Å². The van der Waals surface area contributed by atoms with Gasteiger partial charge in [0.2, 0.25) is 0 Å². The number of halogens is 3. The lowest BCUT2D eigenvalue weighted by molar-refractivity contribution is -0.137. The molecule has 4 nitrogen and oxygen atoms in total. The van der Waals surface area contributed by atoms with Crippen molar-refractivity contribution in [2.45, 2.75) is 26.1 Å². The van der Waals surface area contributed by atoms with E-state index in [-0.39, 0.29) is 5.56 Å². The highest BCUT2D eigenvalue weighted by Gasteiger charge is 2.34. The molecule has 1 aliphatic heterocycles. The first-order valence-corrected chi connectivity index (χ1v) is 6.56. The molecule has 1 saturated heterocycles. The average Bonchev–Trinajstić information content (AvgIpc) is 2.77. The Morgan fingerprint density at radius 3 is 2.67 bits per heavy atom. The highest BCUT2D eigenvalue weighted by Crippen LogP contribution is 2.31. The summed E-state index contributed by atoms with van der Waals surface area (Å²) in [6, 6.07) is 3.87. The molecule has 0 aliphatic carbocycles. The van der Waals surface area contributed by atoms with Gasteiger partial charge < -0.3 is 5.32 Å². The maximum absolute atomic E-state index is 12.7. The second-order valence-corrected chi connectivity index (χ2v) is 5.27. The minimum absolute atomic E-state index is 0.261. The molecule has 1 unspecified atom stereocenters. The molecular weight excluding hydrogens is 283 g/mol. The normalized spacial score (nSPS) is 20.8. The Hall–Kier alpha value is -2.05. The topological polar surface area (TPSA) is 53.5 Å². The van der Waals surface area contributed by atoms with Gasteiger partial charge >= 0.3 is 6.18 Å². The number of nitrogens with one attached hydrogen (secondary N) is 2. The van der Waals surface area contributed by atoms with Crippen LogP contribution < -0.4 is 10.6 Å². The predicted molar refractivity (Wildman–Crippen MR) is 72.6 cm³/mol. The minimum atomic E-state index is -4.43. The SMILES string of the molecule is CC(C)CN=C1NC(=O)C(c2cccc(C(F)(F)F)c2)N1. The van der Waals surface area contributed by atoms with Gasteiger partial charge in [0.15, 0.2) is 5.96 Å². The van der Waals surface area contributed by atoms with Crippen molar-refractivity contribution in [3.63, 3.8) is 0 Å². The Kier molecular flexibility index (Phi) is 4.20. The number of carbonyl (C=O) groups is 1. The van der Waals surface area contributed by atoms with Crippen LogP contribution in [-0.2, 0) is 11.0 Å². The Labute approximate surface area is 120 Å². The van der Waals surface area contributed by atoms with E-state index in [1.165, 1.54) is 12.1 Å². The van der Waals surface area contributed by atoms with E-state index in [1.807, 2.05) is 13.8 Å². The molecular formula is C14H16F3N3O. The van der Waals surface area contributed by atoms with Gasteiger partial charge in [-0.2, -0.15) is 13.2 Å². The zero-order valence-electron chi connectivity index (χ0n) is 11.7. The number of benzene rings is 1. The number of nitrogens with zero attached hydrogens (tertiary/aromatic N) is 1. The van der Waals surface area contributed by atoms with Gasteiger partial charge in [0, 0.05) is 6.54 Å². The van der Waals surface area contributed by atoms with E-state index in [0.717, 1.165) is 12.1 Å². The fraction of sp³-hybridized carbons (Fsp3) is 0.429. The molecule has 1 amide bonds. The van der Waals surface area contributed by atoms with Crippen molar-refractivity contribution in [3.8, 4) is 0 Å². The zero-order valence-corrected chi connectivity index (χ0v) is 11.7. The summed E-state index contributed by atoms with van der Waals surface area (Å²) < 4.78 is 38.1. The molecule has 1 aromatic rings. The summed E-state index contributed by atoms with van der Waals surface area (Å²) in [4.78, 5) is 16.0. The summed E-state index contributed by atoms with van der Waals surface area (Å²) in [6.45, 7) is 4.48. The van der Waals surface area contributed by atoms with Crippen molar-refractivity contribution in [2.75, 3.05) is 6.54 Å². The fourth-order valence-electron chi connectivity index (χ4n) is 1.92. The van der Waals surface area contributed by atoms with E-state index in [4.69, 9.17) is 0 Å². The number of aliphatic imine (C=N–C) groups is 1. The lowest BCUT2D eigenvalue weighted by atomic mass is 10.0. The van der Waals surface area contributed by atoms with Crippen LogP contribution in [0.25, 0.3) is 0 Å². The molecule has 1 atom stereocenters. The van der Waals surface area contributed by atoms with Crippen molar-refractivity contribution in [3.05, 3.63) is 35.4 Å². The molecule has 7 heteroatoms. The van der Waals surface area contributed by atoms with Gasteiger partial charge in [0.1, 0.15) is 6.04 Å². The first kappa shape index (κ1) is 15.3. The first-order chi connectivity index (χ1) is 9.77.